The molecule has 2 saturated heterocycles. The number of cyclic esters (lactones) is 1. The summed E-state index contributed by atoms with van der Waals surface area (Å²) in [5.74, 6) is 0.429. The molecule has 2 fully saturated rings. The molecule has 0 saturated carbocycles. The number of likely N-dealkylation sites (tertiary alicyclic amines) is 1. The number of esters is 1. The van der Waals surface area contributed by atoms with Crippen LogP contribution in [0.2, 0.25) is 0 Å². The molecular weight excluding hydrogens is 400 g/mol. The molecule has 4 rings (SSSR count). The second kappa shape index (κ2) is 8.83. The molecule has 1 unspecified atom stereocenters. The Bertz CT molecular complexity index is 942. The van der Waals surface area contributed by atoms with Crippen molar-refractivity contribution >= 4 is 18.0 Å². The lowest BCUT2D eigenvalue weighted by atomic mass is 10.0. The van der Waals surface area contributed by atoms with Gasteiger partial charge >= 0.3 is 12.1 Å². The molecule has 1 aromatic heterocycles. The number of benzene rings is 1. The van der Waals surface area contributed by atoms with Gasteiger partial charge in [-0.2, -0.15) is 0 Å². The van der Waals surface area contributed by atoms with E-state index in [1.54, 1.807) is 11.0 Å². The average molecular weight is 426 g/mol. The van der Waals surface area contributed by atoms with Crippen molar-refractivity contribution in [2.24, 2.45) is 0 Å². The molecule has 1 aromatic carbocycles. The van der Waals surface area contributed by atoms with E-state index < -0.39 is 18.1 Å². The molecule has 0 bridgehead atoms. The van der Waals surface area contributed by atoms with E-state index in [9.17, 15) is 14.4 Å². The quantitative estimate of drug-likeness (QED) is 0.683. The summed E-state index contributed by atoms with van der Waals surface area (Å²) in [6, 6.07) is 10.2. The van der Waals surface area contributed by atoms with Gasteiger partial charge in [0.25, 0.3) is 5.91 Å². The highest BCUT2D eigenvalue weighted by atomic mass is 16.6. The van der Waals surface area contributed by atoms with Crippen LogP contribution in [0.4, 0.5) is 4.79 Å². The van der Waals surface area contributed by atoms with E-state index >= 15 is 0 Å². The van der Waals surface area contributed by atoms with Crippen molar-refractivity contribution in [3.63, 3.8) is 0 Å². The Morgan fingerprint density at radius 1 is 1.13 bits per heavy atom. The van der Waals surface area contributed by atoms with Crippen molar-refractivity contribution in [3.05, 3.63) is 59.0 Å². The summed E-state index contributed by atoms with van der Waals surface area (Å²) in [5.41, 5.74) is 1.82. The fourth-order valence-electron chi connectivity index (χ4n) is 4.02. The first kappa shape index (κ1) is 21.0. The minimum absolute atomic E-state index is 0.0173. The van der Waals surface area contributed by atoms with Crippen LogP contribution in [-0.2, 0) is 20.9 Å². The smallest absolute Gasteiger partial charge is 0.410 e. The zero-order valence-corrected chi connectivity index (χ0v) is 17.7. The van der Waals surface area contributed by atoms with E-state index in [2.05, 4.69) is 0 Å². The van der Waals surface area contributed by atoms with Crippen LogP contribution < -0.4 is 0 Å². The van der Waals surface area contributed by atoms with Gasteiger partial charge in [-0.05, 0) is 43.9 Å². The number of carbonyl (C=O) groups is 3. The lowest BCUT2D eigenvalue weighted by molar-refractivity contribution is -0.150. The summed E-state index contributed by atoms with van der Waals surface area (Å²) in [5, 5.41) is 0. The van der Waals surface area contributed by atoms with Crippen molar-refractivity contribution in [2.45, 2.75) is 45.4 Å². The molecule has 0 radical (unpaired) electrons. The topological polar surface area (TPSA) is 89.3 Å². The molecule has 8 heteroatoms. The molecule has 0 aliphatic carbocycles. The molecular formula is C23H26N2O6. The number of amides is 2. The Balaban J connectivity index is 1.35. The van der Waals surface area contributed by atoms with Crippen molar-refractivity contribution in [3.8, 4) is 0 Å². The maximum absolute atomic E-state index is 12.7. The van der Waals surface area contributed by atoms with Crippen LogP contribution in [0.25, 0.3) is 0 Å². The Labute approximate surface area is 180 Å². The number of hydrogen-bond acceptors (Lipinski definition) is 6. The van der Waals surface area contributed by atoms with Gasteiger partial charge in [0.2, 0.25) is 0 Å². The normalized spacial score (nSPS) is 19.4. The second-order valence-corrected chi connectivity index (χ2v) is 7.97. The molecule has 2 aromatic rings. The van der Waals surface area contributed by atoms with E-state index in [0.717, 1.165) is 16.9 Å². The fraction of sp³-hybridized carbons (Fsp3) is 0.435. The zero-order valence-electron chi connectivity index (χ0n) is 17.7. The molecule has 31 heavy (non-hydrogen) atoms. The van der Waals surface area contributed by atoms with Crippen LogP contribution in [-0.4, -0.2) is 59.5 Å². The number of ether oxygens (including phenoxy) is 2. The van der Waals surface area contributed by atoms with Crippen LogP contribution in [0.5, 0.6) is 0 Å². The van der Waals surface area contributed by atoms with Crippen LogP contribution in [0, 0.1) is 13.8 Å². The van der Waals surface area contributed by atoms with Gasteiger partial charge in [0.05, 0.1) is 0 Å². The molecule has 1 atom stereocenters. The third-order valence-electron chi connectivity index (χ3n) is 5.93. The highest BCUT2D eigenvalue weighted by Gasteiger charge is 2.44. The lowest BCUT2D eigenvalue weighted by Crippen LogP contribution is -2.52. The van der Waals surface area contributed by atoms with E-state index in [0.29, 0.717) is 31.7 Å². The summed E-state index contributed by atoms with van der Waals surface area (Å²) < 4.78 is 16.1. The number of rotatable bonds is 5. The summed E-state index contributed by atoms with van der Waals surface area (Å²) in [6.45, 7) is 4.80. The molecule has 3 heterocycles. The standard InChI is InChI=1S/C23H26N2O6/c1-15-12-20(31-16(15)2)21(26)24-10-8-18(9-11-24)25-19(14-30-23(25)28)22(27)29-13-17-6-4-3-5-7-17/h3-7,12,18-19H,8-11,13-14H2,1-2H3. The van der Waals surface area contributed by atoms with E-state index in [1.165, 1.54) is 4.90 Å². The van der Waals surface area contributed by atoms with Crippen LogP contribution in [0.15, 0.2) is 40.8 Å². The van der Waals surface area contributed by atoms with Crippen LogP contribution in [0.1, 0.15) is 40.3 Å². The molecule has 0 N–H and O–H groups in total. The van der Waals surface area contributed by atoms with Crippen molar-refractivity contribution in [1.29, 1.82) is 0 Å². The van der Waals surface area contributed by atoms with Crippen LogP contribution in [0.3, 0.4) is 0 Å². The summed E-state index contributed by atoms with van der Waals surface area (Å²) >= 11 is 0. The minimum Gasteiger partial charge on any atom is -0.459 e. The molecule has 2 aliphatic heterocycles. The zero-order chi connectivity index (χ0) is 22.0. The molecule has 8 nitrogen and oxygen atoms in total. The van der Waals surface area contributed by atoms with Gasteiger partial charge < -0.3 is 18.8 Å². The first-order valence-electron chi connectivity index (χ1n) is 10.5. The summed E-state index contributed by atoms with van der Waals surface area (Å²) in [6.07, 6.45) is 0.605. The Kier molecular flexibility index (Phi) is 5.97. The third-order valence-corrected chi connectivity index (χ3v) is 5.93. The SMILES string of the molecule is Cc1cc(C(=O)N2CCC(N3C(=O)OCC3C(=O)OCc3ccccc3)CC2)oc1C. The monoisotopic (exact) mass is 426 g/mol. The van der Waals surface area contributed by atoms with Gasteiger partial charge in [-0.15, -0.1) is 0 Å². The second-order valence-electron chi connectivity index (χ2n) is 7.97. The predicted molar refractivity (Wildman–Crippen MR) is 110 cm³/mol. The first-order valence-corrected chi connectivity index (χ1v) is 10.5. The van der Waals surface area contributed by atoms with Gasteiger partial charge in [0.1, 0.15) is 19.0 Å². The lowest BCUT2D eigenvalue weighted by Gasteiger charge is -2.36. The van der Waals surface area contributed by atoms with Gasteiger partial charge in [-0.25, -0.2) is 9.59 Å². The summed E-state index contributed by atoms with van der Waals surface area (Å²) in [7, 11) is 0. The Morgan fingerprint density at radius 3 is 2.48 bits per heavy atom. The molecule has 2 amide bonds. The van der Waals surface area contributed by atoms with Crippen LogP contribution >= 0.6 is 0 Å². The molecule has 0 spiro atoms. The van der Waals surface area contributed by atoms with Gasteiger partial charge in [0.15, 0.2) is 11.8 Å². The first-order chi connectivity index (χ1) is 14.9. The summed E-state index contributed by atoms with van der Waals surface area (Å²) in [4.78, 5) is 40.9. The maximum atomic E-state index is 12.7. The third kappa shape index (κ3) is 4.42. The number of hydrogen-bond donors (Lipinski definition) is 0. The maximum Gasteiger partial charge on any atom is 0.410 e. The van der Waals surface area contributed by atoms with Gasteiger partial charge in [-0.1, -0.05) is 30.3 Å². The Morgan fingerprint density at radius 2 is 1.84 bits per heavy atom. The minimum atomic E-state index is -0.765. The number of furan rings is 1. The largest absolute Gasteiger partial charge is 0.459 e. The van der Waals surface area contributed by atoms with E-state index in [1.807, 2.05) is 44.2 Å². The van der Waals surface area contributed by atoms with E-state index in [4.69, 9.17) is 13.9 Å². The fourth-order valence-corrected chi connectivity index (χ4v) is 4.02. The van der Waals surface area contributed by atoms with Gasteiger partial charge in [-0.3, -0.25) is 9.69 Å². The number of aryl methyl sites for hydroxylation is 2. The molecule has 2 aliphatic rings. The van der Waals surface area contributed by atoms with Crippen molar-refractivity contribution < 1.29 is 28.3 Å². The number of nitrogens with zero attached hydrogens (tertiary/aromatic N) is 2. The highest BCUT2D eigenvalue weighted by molar-refractivity contribution is 5.92. The number of piperidine rings is 1. The highest BCUT2D eigenvalue weighted by Crippen LogP contribution is 2.26. The molecule has 164 valence electrons. The number of carbonyl (C=O) groups excluding carboxylic acids is 3. The van der Waals surface area contributed by atoms with E-state index in [-0.39, 0.29) is 25.2 Å². The predicted octanol–water partition coefficient (Wildman–Crippen LogP) is 3.07. The average Bonchev–Trinajstić information content (AvgIpc) is 3.34. The van der Waals surface area contributed by atoms with Crippen molar-refractivity contribution in [2.75, 3.05) is 19.7 Å². The van der Waals surface area contributed by atoms with Crippen molar-refractivity contribution in [1.82, 2.24) is 9.80 Å². The Hall–Kier alpha value is -3.29. The van der Waals surface area contributed by atoms with Gasteiger partial charge in [0, 0.05) is 19.1 Å².